The highest BCUT2D eigenvalue weighted by molar-refractivity contribution is 5.99. The Balaban J connectivity index is 2.34. The van der Waals surface area contributed by atoms with E-state index in [1.807, 2.05) is 0 Å². The Morgan fingerprint density at radius 2 is 1.91 bits per heavy atom. The lowest BCUT2D eigenvalue weighted by Gasteiger charge is -2.22. The van der Waals surface area contributed by atoms with Gasteiger partial charge in [0.1, 0.15) is 18.8 Å². The number of carboxylic acids is 1. The Hall–Kier alpha value is -2.84. The quantitative estimate of drug-likeness (QED) is 0.637. The molecule has 124 valence electrons. The number of amides is 1. The van der Waals surface area contributed by atoms with Crippen LogP contribution in [-0.2, 0) is 4.79 Å². The second-order valence-corrected chi connectivity index (χ2v) is 5.20. The Labute approximate surface area is 131 Å². The van der Waals surface area contributed by atoms with Crippen molar-refractivity contribution < 1.29 is 29.1 Å². The van der Waals surface area contributed by atoms with E-state index in [1.165, 1.54) is 20.0 Å². The summed E-state index contributed by atoms with van der Waals surface area (Å²) in [6, 6.07) is 2.41. The van der Waals surface area contributed by atoms with Gasteiger partial charge in [0.25, 0.3) is 11.6 Å². The number of carboxylic acid groups (broad SMARTS) is 1. The molecule has 1 aliphatic heterocycles. The van der Waals surface area contributed by atoms with Gasteiger partial charge in [-0.3, -0.25) is 19.7 Å². The van der Waals surface area contributed by atoms with Crippen LogP contribution in [0.3, 0.4) is 0 Å². The van der Waals surface area contributed by atoms with Crippen molar-refractivity contribution >= 4 is 17.6 Å². The summed E-state index contributed by atoms with van der Waals surface area (Å²) >= 11 is 0. The van der Waals surface area contributed by atoms with Crippen molar-refractivity contribution in [3.05, 3.63) is 27.8 Å². The van der Waals surface area contributed by atoms with Crippen molar-refractivity contribution in [2.75, 3.05) is 26.8 Å². The van der Waals surface area contributed by atoms with E-state index >= 15 is 0 Å². The predicted molar refractivity (Wildman–Crippen MR) is 77.8 cm³/mol. The Morgan fingerprint density at radius 3 is 2.43 bits per heavy atom. The molecule has 0 saturated carbocycles. The summed E-state index contributed by atoms with van der Waals surface area (Å²) in [4.78, 5) is 35.0. The van der Waals surface area contributed by atoms with Gasteiger partial charge in [0.15, 0.2) is 11.5 Å². The number of hydrogen-bond acceptors (Lipinski definition) is 6. The number of nitro benzene ring substituents is 1. The number of carbonyl (C=O) groups is 2. The number of carbonyl (C=O) groups excluding carboxylic acids is 1. The minimum Gasteiger partial charge on any atom is -0.486 e. The molecule has 9 nitrogen and oxygen atoms in total. The first-order chi connectivity index (χ1) is 10.8. The highest BCUT2D eigenvalue weighted by Crippen LogP contribution is 2.37. The largest absolute Gasteiger partial charge is 0.486 e. The van der Waals surface area contributed by atoms with Gasteiger partial charge in [-0.15, -0.1) is 0 Å². The van der Waals surface area contributed by atoms with Crippen molar-refractivity contribution in [3.8, 4) is 11.5 Å². The molecule has 0 aliphatic carbocycles. The lowest BCUT2D eigenvalue weighted by molar-refractivity contribution is -0.385. The van der Waals surface area contributed by atoms with E-state index in [4.69, 9.17) is 14.6 Å². The molecule has 0 aromatic heterocycles. The van der Waals surface area contributed by atoms with Gasteiger partial charge in [-0.25, -0.2) is 0 Å². The lowest BCUT2D eigenvalue weighted by atomic mass is 10.1. The zero-order valence-electron chi connectivity index (χ0n) is 12.6. The summed E-state index contributed by atoms with van der Waals surface area (Å²) in [7, 11) is 1.39. The average Bonchev–Trinajstić information content (AvgIpc) is 2.52. The normalized spacial score (nSPS) is 14.0. The summed E-state index contributed by atoms with van der Waals surface area (Å²) in [6.45, 7) is 1.93. The first kappa shape index (κ1) is 16.5. The second-order valence-electron chi connectivity index (χ2n) is 5.20. The van der Waals surface area contributed by atoms with Gasteiger partial charge in [0.05, 0.1) is 16.9 Å². The first-order valence-corrected chi connectivity index (χ1v) is 6.87. The van der Waals surface area contributed by atoms with E-state index in [0.717, 1.165) is 11.0 Å². The SMILES string of the molecule is CC(CN(C)C(=O)c1cc2c(cc1[N+](=O)[O-])OCCO2)C(=O)O. The molecular formula is C14H16N2O7. The van der Waals surface area contributed by atoms with Gasteiger partial charge >= 0.3 is 5.97 Å². The van der Waals surface area contributed by atoms with Gasteiger partial charge in [0, 0.05) is 19.7 Å². The summed E-state index contributed by atoms with van der Waals surface area (Å²) < 4.78 is 10.6. The molecule has 1 unspecified atom stereocenters. The summed E-state index contributed by atoms with van der Waals surface area (Å²) in [5.41, 5.74) is -0.576. The van der Waals surface area contributed by atoms with Crippen LogP contribution in [0.25, 0.3) is 0 Å². The maximum absolute atomic E-state index is 12.4. The van der Waals surface area contributed by atoms with Crippen LogP contribution < -0.4 is 9.47 Å². The van der Waals surface area contributed by atoms with E-state index in [-0.39, 0.29) is 36.8 Å². The lowest BCUT2D eigenvalue weighted by Crippen LogP contribution is -2.34. The van der Waals surface area contributed by atoms with Crippen LogP contribution in [0, 0.1) is 16.0 Å². The molecule has 1 atom stereocenters. The van der Waals surface area contributed by atoms with Gasteiger partial charge in [0.2, 0.25) is 0 Å². The zero-order valence-corrected chi connectivity index (χ0v) is 12.6. The maximum Gasteiger partial charge on any atom is 0.308 e. The molecule has 0 saturated heterocycles. The van der Waals surface area contributed by atoms with E-state index in [1.54, 1.807) is 0 Å². The molecule has 1 aliphatic rings. The third-order valence-electron chi connectivity index (χ3n) is 3.40. The molecule has 1 N–H and O–H groups in total. The molecular weight excluding hydrogens is 308 g/mol. The van der Waals surface area contributed by atoms with E-state index in [2.05, 4.69) is 0 Å². The van der Waals surface area contributed by atoms with Crippen LogP contribution >= 0.6 is 0 Å². The fourth-order valence-corrected chi connectivity index (χ4v) is 2.18. The molecule has 0 spiro atoms. The van der Waals surface area contributed by atoms with Crippen LogP contribution in [0.15, 0.2) is 12.1 Å². The maximum atomic E-state index is 12.4. The number of aliphatic carboxylic acids is 1. The molecule has 1 aromatic rings. The monoisotopic (exact) mass is 324 g/mol. The Morgan fingerprint density at radius 1 is 1.35 bits per heavy atom. The van der Waals surface area contributed by atoms with Crippen molar-refractivity contribution in [1.29, 1.82) is 0 Å². The van der Waals surface area contributed by atoms with Crippen LogP contribution in [-0.4, -0.2) is 53.6 Å². The Kier molecular flexibility index (Phi) is 4.68. The van der Waals surface area contributed by atoms with Crippen LogP contribution in [0.1, 0.15) is 17.3 Å². The third-order valence-corrected chi connectivity index (χ3v) is 3.40. The van der Waals surface area contributed by atoms with E-state index in [0.29, 0.717) is 0 Å². The fourth-order valence-electron chi connectivity index (χ4n) is 2.18. The van der Waals surface area contributed by atoms with Crippen LogP contribution in [0.2, 0.25) is 0 Å². The van der Waals surface area contributed by atoms with Crippen LogP contribution in [0.5, 0.6) is 11.5 Å². The van der Waals surface area contributed by atoms with Gasteiger partial charge in [-0.2, -0.15) is 0 Å². The molecule has 2 rings (SSSR count). The first-order valence-electron chi connectivity index (χ1n) is 6.87. The fraction of sp³-hybridized carbons (Fsp3) is 0.429. The number of nitrogens with zero attached hydrogens (tertiary/aromatic N) is 2. The highest BCUT2D eigenvalue weighted by atomic mass is 16.6. The molecule has 0 bridgehead atoms. The van der Waals surface area contributed by atoms with Gasteiger partial charge in [-0.05, 0) is 0 Å². The van der Waals surface area contributed by atoms with Crippen LogP contribution in [0.4, 0.5) is 5.69 Å². The summed E-state index contributed by atoms with van der Waals surface area (Å²) in [5.74, 6) is -2.03. The molecule has 23 heavy (non-hydrogen) atoms. The molecule has 1 aromatic carbocycles. The van der Waals surface area contributed by atoms with E-state index < -0.39 is 28.4 Å². The number of nitro groups is 1. The minimum absolute atomic E-state index is 0.0697. The van der Waals surface area contributed by atoms with Crippen molar-refractivity contribution in [1.82, 2.24) is 4.90 Å². The number of fused-ring (bicyclic) bond motifs is 1. The number of ether oxygens (including phenoxy) is 2. The molecule has 0 radical (unpaired) electrons. The third kappa shape index (κ3) is 3.50. The smallest absolute Gasteiger partial charge is 0.308 e. The van der Waals surface area contributed by atoms with E-state index in [9.17, 15) is 19.7 Å². The number of benzene rings is 1. The average molecular weight is 324 g/mol. The molecule has 0 fully saturated rings. The number of hydrogen-bond donors (Lipinski definition) is 1. The number of rotatable bonds is 5. The van der Waals surface area contributed by atoms with Gasteiger partial charge < -0.3 is 19.5 Å². The standard InChI is InChI=1S/C14H16N2O7/c1-8(14(18)19)7-15(2)13(17)9-5-11-12(23-4-3-22-11)6-10(9)16(20)21/h5-6,8H,3-4,7H2,1-2H3,(H,18,19). The topological polar surface area (TPSA) is 119 Å². The zero-order chi connectivity index (χ0) is 17.1. The summed E-state index contributed by atoms with van der Waals surface area (Å²) in [5, 5.41) is 20.1. The predicted octanol–water partition coefficient (Wildman–Crippen LogP) is 1.16. The highest BCUT2D eigenvalue weighted by Gasteiger charge is 2.29. The van der Waals surface area contributed by atoms with Gasteiger partial charge in [-0.1, -0.05) is 6.92 Å². The Bertz CT molecular complexity index is 659. The molecule has 1 amide bonds. The second kappa shape index (κ2) is 6.51. The molecule has 9 heteroatoms. The van der Waals surface area contributed by atoms with Crippen molar-refractivity contribution in [3.63, 3.8) is 0 Å². The summed E-state index contributed by atoms with van der Waals surface area (Å²) in [6.07, 6.45) is 0. The molecule has 1 heterocycles. The minimum atomic E-state index is -1.05. The van der Waals surface area contributed by atoms with Crippen molar-refractivity contribution in [2.45, 2.75) is 6.92 Å². The van der Waals surface area contributed by atoms with Crippen molar-refractivity contribution in [2.24, 2.45) is 5.92 Å².